The first-order valence-corrected chi connectivity index (χ1v) is 8.32. The second-order valence-corrected chi connectivity index (χ2v) is 7.76. The van der Waals surface area contributed by atoms with Crippen molar-refractivity contribution < 1.29 is 24.0 Å². The van der Waals surface area contributed by atoms with Gasteiger partial charge in [0.25, 0.3) is 0 Å². The lowest BCUT2D eigenvalue weighted by atomic mass is 11.8. The van der Waals surface area contributed by atoms with Crippen LogP contribution in [0.5, 0.6) is 0 Å². The van der Waals surface area contributed by atoms with Gasteiger partial charge in [0.05, 0.1) is 0 Å². The fraction of sp³-hybridized carbons (Fsp3) is 1.00. The van der Waals surface area contributed by atoms with Crippen LogP contribution >= 0.6 is 0 Å². The topological polar surface area (TPSA) is 55.4 Å². The molecule has 0 bridgehead atoms. The number of rotatable bonds is 8. The van der Waals surface area contributed by atoms with Gasteiger partial charge in [-0.1, -0.05) is 0 Å². The minimum atomic E-state index is -2.17. The van der Waals surface area contributed by atoms with Crippen LogP contribution in [0, 0.1) is 0 Å². The molecule has 0 aromatic carbocycles. The Morgan fingerprint density at radius 1 is 0.857 bits per heavy atom. The summed E-state index contributed by atoms with van der Waals surface area (Å²) in [5, 5.41) is 0. The average Bonchev–Trinajstić information content (AvgIpc) is 2.23. The van der Waals surface area contributed by atoms with Gasteiger partial charge in [0, 0.05) is 28.4 Å². The van der Waals surface area contributed by atoms with Crippen molar-refractivity contribution >= 4 is 34.0 Å². The highest BCUT2D eigenvalue weighted by Gasteiger charge is 2.37. The van der Waals surface area contributed by atoms with Crippen LogP contribution in [0.3, 0.4) is 0 Å². The maximum Gasteiger partial charge on any atom is 0.887 e. The normalized spacial score (nSPS) is 11.4. The minimum Gasteiger partial charge on any atom is -0.478 e. The zero-order valence-electron chi connectivity index (χ0n) is 9.03. The third-order valence-corrected chi connectivity index (χ3v) is 6.53. The molecule has 0 aromatic rings. The molecular weight excluding hydrogens is 239 g/mol. The molecule has 0 fully saturated rings. The van der Waals surface area contributed by atoms with Gasteiger partial charge >= 0.3 is 34.0 Å². The summed E-state index contributed by atoms with van der Waals surface area (Å²) >= 11 is -2.17. The Kier molecular flexibility index (Phi) is 9.46. The molecule has 0 unspecified atom stereocenters. The van der Waals surface area contributed by atoms with Crippen LogP contribution in [-0.4, -0.2) is 62.4 Å². The Labute approximate surface area is 93.2 Å². The summed E-state index contributed by atoms with van der Waals surface area (Å²) < 4.78 is 30.8. The van der Waals surface area contributed by atoms with Gasteiger partial charge in [-0.3, -0.25) is 0 Å². The molecule has 0 amide bonds. The summed E-state index contributed by atoms with van der Waals surface area (Å²) in [6.07, 6.45) is 0. The Hall–Kier alpha value is 0.726. The van der Waals surface area contributed by atoms with E-state index < -0.39 is 34.0 Å². The first-order valence-electron chi connectivity index (χ1n) is 3.86. The van der Waals surface area contributed by atoms with Crippen LogP contribution in [0.2, 0.25) is 6.55 Å². The van der Waals surface area contributed by atoms with Crippen LogP contribution in [0.25, 0.3) is 0 Å². The molecular formula is C5H15AlO6Si2. The first-order chi connectivity index (χ1) is 6.67. The Morgan fingerprint density at radius 2 is 1.43 bits per heavy atom. The lowest BCUT2D eigenvalue weighted by Gasteiger charge is -2.16. The molecule has 0 N–H and O–H groups in total. The highest BCUT2D eigenvalue weighted by molar-refractivity contribution is 6.59. The van der Waals surface area contributed by atoms with Crippen molar-refractivity contribution in [3.8, 4) is 0 Å². The number of hydrogen-bond donors (Lipinski definition) is 0. The van der Waals surface area contributed by atoms with Crippen molar-refractivity contribution in [2.75, 3.05) is 28.4 Å². The van der Waals surface area contributed by atoms with E-state index in [2.05, 4.69) is 0 Å². The smallest absolute Gasteiger partial charge is 0.478 e. The molecule has 0 spiro atoms. The molecule has 0 saturated heterocycles. The Balaban J connectivity index is 3.88. The van der Waals surface area contributed by atoms with Crippen molar-refractivity contribution in [1.29, 1.82) is 0 Å². The summed E-state index contributed by atoms with van der Waals surface area (Å²) in [4.78, 5) is 0. The molecule has 0 heterocycles. The molecule has 82 valence electrons. The molecule has 2 radical (unpaired) electrons. The third-order valence-electron chi connectivity index (χ3n) is 1.27. The van der Waals surface area contributed by atoms with Crippen LogP contribution in [-0.2, 0) is 24.0 Å². The molecule has 6 nitrogen and oxygen atoms in total. The van der Waals surface area contributed by atoms with E-state index in [9.17, 15) is 0 Å². The monoisotopic (exact) mass is 254 g/mol. The number of hydrogen-bond acceptors (Lipinski definition) is 6. The fourth-order valence-electron chi connectivity index (χ4n) is 0.562. The summed E-state index contributed by atoms with van der Waals surface area (Å²) in [6, 6.07) is 0. The maximum atomic E-state index is 5.42. The van der Waals surface area contributed by atoms with E-state index in [1.165, 1.54) is 21.3 Å². The van der Waals surface area contributed by atoms with Gasteiger partial charge in [-0.2, -0.15) is 0 Å². The van der Waals surface area contributed by atoms with Crippen molar-refractivity contribution in [3.63, 3.8) is 0 Å². The molecule has 0 saturated carbocycles. The van der Waals surface area contributed by atoms with Crippen molar-refractivity contribution in [1.82, 2.24) is 0 Å². The van der Waals surface area contributed by atoms with E-state index >= 15 is 0 Å². The lowest BCUT2D eigenvalue weighted by molar-refractivity contribution is 0.147. The highest BCUT2D eigenvalue weighted by atomic mass is 28.3. The fourth-order valence-corrected chi connectivity index (χ4v) is 4.99. The van der Waals surface area contributed by atoms with Crippen molar-refractivity contribution in [3.05, 3.63) is 0 Å². The second kappa shape index (κ2) is 8.99. The maximum absolute atomic E-state index is 5.42. The van der Waals surface area contributed by atoms with E-state index in [-0.39, 0.29) is 0 Å². The predicted octanol–water partition coefficient (Wildman–Crippen LogP) is -0.307. The average molecular weight is 254 g/mol. The SMILES string of the molecule is C[O][Al]([O][Si](C)OC)[O][Si](OC)OC. The van der Waals surface area contributed by atoms with Gasteiger partial charge in [0.15, 0.2) is 0 Å². The molecule has 0 aliphatic heterocycles. The molecule has 0 aromatic heterocycles. The summed E-state index contributed by atoms with van der Waals surface area (Å²) in [5.41, 5.74) is 0. The molecule has 14 heavy (non-hydrogen) atoms. The lowest BCUT2D eigenvalue weighted by Crippen LogP contribution is -2.40. The van der Waals surface area contributed by atoms with E-state index in [1.807, 2.05) is 6.55 Å². The molecule has 0 atom stereocenters. The second-order valence-electron chi connectivity index (χ2n) is 2.11. The van der Waals surface area contributed by atoms with Gasteiger partial charge in [0.1, 0.15) is 0 Å². The molecule has 0 aliphatic rings. The third kappa shape index (κ3) is 6.25. The summed E-state index contributed by atoms with van der Waals surface area (Å²) in [6.45, 7) is 1.86. The van der Waals surface area contributed by atoms with Gasteiger partial charge in [-0.15, -0.1) is 0 Å². The molecule has 0 rings (SSSR count). The quantitative estimate of drug-likeness (QED) is 0.554. The Bertz CT molecular complexity index is 137. The first kappa shape index (κ1) is 14.7. The van der Waals surface area contributed by atoms with Crippen LogP contribution in [0.1, 0.15) is 0 Å². The summed E-state index contributed by atoms with van der Waals surface area (Å²) in [5.74, 6) is 0. The van der Waals surface area contributed by atoms with Gasteiger partial charge in [-0.05, 0) is 6.55 Å². The van der Waals surface area contributed by atoms with Gasteiger partial charge in [0.2, 0.25) is 0 Å². The van der Waals surface area contributed by atoms with E-state index in [4.69, 9.17) is 24.0 Å². The minimum absolute atomic E-state index is 1.28. The van der Waals surface area contributed by atoms with Gasteiger partial charge in [-0.25, -0.2) is 0 Å². The van der Waals surface area contributed by atoms with Crippen molar-refractivity contribution in [2.45, 2.75) is 6.55 Å². The molecule has 9 heteroatoms. The predicted molar refractivity (Wildman–Crippen MR) is 53.3 cm³/mol. The van der Waals surface area contributed by atoms with E-state index in [0.717, 1.165) is 0 Å². The zero-order chi connectivity index (χ0) is 11.0. The van der Waals surface area contributed by atoms with E-state index in [1.54, 1.807) is 7.11 Å². The van der Waals surface area contributed by atoms with E-state index in [0.29, 0.717) is 0 Å². The van der Waals surface area contributed by atoms with Crippen LogP contribution in [0.4, 0.5) is 0 Å². The zero-order valence-corrected chi connectivity index (χ0v) is 12.2. The summed E-state index contributed by atoms with van der Waals surface area (Å²) in [7, 11) is 3.17. The van der Waals surface area contributed by atoms with Gasteiger partial charge < -0.3 is 24.0 Å². The standard InChI is InChI=1S/C2H6O3Si.C2H6O2Si.CH3O.Al/c1-4-6(3)5-2;1-4-5(2)3;1-2;/h1-2H3;1-2H3;1H3;/q3*-1;+3. The molecule has 0 aliphatic carbocycles. The Morgan fingerprint density at radius 3 is 1.79 bits per heavy atom. The van der Waals surface area contributed by atoms with Crippen LogP contribution in [0.15, 0.2) is 0 Å². The van der Waals surface area contributed by atoms with Crippen LogP contribution < -0.4 is 0 Å². The largest absolute Gasteiger partial charge is 0.887 e. The van der Waals surface area contributed by atoms with Crippen molar-refractivity contribution in [2.24, 2.45) is 0 Å². The highest BCUT2D eigenvalue weighted by Crippen LogP contribution is 1.99.